The van der Waals surface area contributed by atoms with E-state index in [1.807, 2.05) is 18.7 Å². The smallest absolute Gasteiger partial charge is 0.136 e. The lowest BCUT2D eigenvalue weighted by atomic mass is 10.1. The van der Waals surface area contributed by atoms with Gasteiger partial charge < -0.3 is 14.1 Å². The predicted molar refractivity (Wildman–Crippen MR) is 97.8 cm³/mol. The molecular formula is C17H29NO4S2. The van der Waals surface area contributed by atoms with E-state index in [1.165, 1.54) is 18.6 Å². The van der Waals surface area contributed by atoms with Crippen LogP contribution in [0.4, 0.5) is 0 Å². The SMILES string of the molecule is CC(C)CC1SC[C@@H](CO)[N+]1(C)C.Cc1ccc(S(=O)(=O)[O-])cc1. The lowest BCUT2D eigenvalue weighted by Crippen LogP contribution is -2.52. The van der Waals surface area contributed by atoms with Gasteiger partial charge in [-0.2, -0.15) is 0 Å². The van der Waals surface area contributed by atoms with Crippen molar-refractivity contribution in [3.63, 3.8) is 0 Å². The fourth-order valence-corrected chi connectivity index (χ4v) is 5.03. The lowest BCUT2D eigenvalue weighted by molar-refractivity contribution is -0.918. The number of rotatable bonds is 4. The molecule has 1 fully saturated rings. The van der Waals surface area contributed by atoms with Crippen LogP contribution in [0.15, 0.2) is 29.2 Å². The van der Waals surface area contributed by atoms with E-state index >= 15 is 0 Å². The molecule has 24 heavy (non-hydrogen) atoms. The van der Waals surface area contributed by atoms with Crippen LogP contribution in [0.25, 0.3) is 0 Å². The van der Waals surface area contributed by atoms with Gasteiger partial charge in [0.15, 0.2) is 0 Å². The molecule has 5 nitrogen and oxygen atoms in total. The first-order valence-corrected chi connectivity index (χ1v) is 10.5. The Labute approximate surface area is 150 Å². The van der Waals surface area contributed by atoms with Crippen molar-refractivity contribution in [2.75, 3.05) is 26.5 Å². The van der Waals surface area contributed by atoms with Gasteiger partial charge in [0.1, 0.15) is 21.5 Å². The molecule has 1 aromatic carbocycles. The third kappa shape index (κ3) is 6.04. The molecule has 1 unspecified atom stereocenters. The van der Waals surface area contributed by atoms with Gasteiger partial charge in [-0.05, 0) is 25.0 Å². The number of benzene rings is 1. The van der Waals surface area contributed by atoms with Crippen LogP contribution in [-0.4, -0.2) is 60.4 Å². The molecule has 0 aromatic heterocycles. The number of likely N-dealkylation sites (N-methyl/N-ethyl adjacent to an activating group) is 1. The highest BCUT2D eigenvalue weighted by molar-refractivity contribution is 7.99. The highest BCUT2D eigenvalue weighted by Gasteiger charge is 2.43. The highest BCUT2D eigenvalue weighted by atomic mass is 32.2. The number of aryl methyl sites for hydroxylation is 1. The Kier molecular flexibility index (Phi) is 7.75. The summed E-state index contributed by atoms with van der Waals surface area (Å²) in [5, 5.41) is 9.90. The first-order valence-electron chi connectivity index (χ1n) is 8.06. The van der Waals surface area contributed by atoms with Crippen molar-refractivity contribution < 1.29 is 22.6 Å². The fourth-order valence-electron chi connectivity index (χ4n) is 2.55. The number of aliphatic hydroxyl groups excluding tert-OH is 1. The summed E-state index contributed by atoms with van der Waals surface area (Å²) < 4.78 is 32.2. The van der Waals surface area contributed by atoms with E-state index in [9.17, 15) is 18.1 Å². The molecule has 0 radical (unpaired) electrons. The summed E-state index contributed by atoms with van der Waals surface area (Å²) in [5.74, 6) is 1.87. The zero-order valence-corrected chi connectivity index (χ0v) is 16.7. The second-order valence-electron chi connectivity index (χ2n) is 7.15. The van der Waals surface area contributed by atoms with Crippen LogP contribution in [0, 0.1) is 12.8 Å². The molecular weight excluding hydrogens is 346 g/mol. The van der Waals surface area contributed by atoms with Crippen molar-refractivity contribution in [1.29, 1.82) is 0 Å². The number of hydrogen-bond donors (Lipinski definition) is 1. The van der Waals surface area contributed by atoms with Crippen LogP contribution in [0.3, 0.4) is 0 Å². The van der Waals surface area contributed by atoms with E-state index in [4.69, 9.17) is 0 Å². The highest BCUT2D eigenvalue weighted by Crippen LogP contribution is 2.36. The maximum Gasteiger partial charge on any atom is 0.136 e. The average Bonchev–Trinajstić information content (AvgIpc) is 2.73. The van der Waals surface area contributed by atoms with Crippen LogP contribution in [0.2, 0.25) is 0 Å². The molecule has 1 N–H and O–H groups in total. The van der Waals surface area contributed by atoms with Gasteiger partial charge in [-0.15, -0.1) is 0 Å². The number of quaternary nitrogens is 1. The van der Waals surface area contributed by atoms with Crippen LogP contribution in [0.5, 0.6) is 0 Å². The largest absolute Gasteiger partial charge is 0.744 e. The summed E-state index contributed by atoms with van der Waals surface area (Å²) >= 11 is 2.02. The average molecular weight is 376 g/mol. The molecule has 1 saturated heterocycles. The molecule has 0 saturated carbocycles. The molecule has 1 heterocycles. The van der Waals surface area contributed by atoms with Gasteiger partial charge in [0, 0.05) is 6.42 Å². The van der Waals surface area contributed by atoms with Crippen LogP contribution < -0.4 is 0 Å². The lowest BCUT2D eigenvalue weighted by Gasteiger charge is -2.36. The second-order valence-corrected chi connectivity index (χ2v) is 9.74. The van der Waals surface area contributed by atoms with Gasteiger partial charge in [0.05, 0.1) is 31.4 Å². The van der Waals surface area contributed by atoms with Gasteiger partial charge in [-0.3, -0.25) is 0 Å². The van der Waals surface area contributed by atoms with Crippen LogP contribution in [0.1, 0.15) is 25.8 Å². The molecule has 1 aromatic rings. The van der Waals surface area contributed by atoms with Crippen LogP contribution >= 0.6 is 11.8 Å². The first kappa shape index (κ1) is 21.4. The number of nitrogens with zero attached hydrogens (tertiary/aromatic N) is 1. The minimum Gasteiger partial charge on any atom is -0.744 e. The molecule has 0 amide bonds. The predicted octanol–water partition coefficient (Wildman–Crippen LogP) is 2.44. The van der Waals surface area contributed by atoms with Crippen molar-refractivity contribution in [1.82, 2.24) is 0 Å². The number of aliphatic hydroxyl groups is 1. The Hall–Kier alpha value is -0.600. The second kappa shape index (κ2) is 8.67. The minimum absolute atomic E-state index is 0.178. The van der Waals surface area contributed by atoms with E-state index in [0.717, 1.165) is 21.7 Å². The summed E-state index contributed by atoms with van der Waals surface area (Å²) in [6.45, 7) is 6.69. The van der Waals surface area contributed by atoms with Gasteiger partial charge in [-0.25, -0.2) is 8.42 Å². The topological polar surface area (TPSA) is 77.4 Å². The summed E-state index contributed by atoms with van der Waals surface area (Å²) in [7, 11) is 0.218. The van der Waals surface area contributed by atoms with E-state index in [-0.39, 0.29) is 4.90 Å². The number of thioether (sulfide) groups is 1. The molecule has 138 valence electrons. The molecule has 0 spiro atoms. The van der Waals surface area contributed by atoms with E-state index < -0.39 is 10.1 Å². The first-order chi connectivity index (χ1) is 11.0. The molecule has 0 bridgehead atoms. The summed E-state index contributed by atoms with van der Waals surface area (Å²) in [6, 6.07) is 6.22. The van der Waals surface area contributed by atoms with Crippen molar-refractivity contribution in [3.05, 3.63) is 29.8 Å². The molecule has 7 heteroatoms. The van der Waals surface area contributed by atoms with Gasteiger partial charge in [0.2, 0.25) is 0 Å². The molecule has 1 aliphatic rings. The maximum atomic E-state index is 10.4. The van der Waals surface area contributed by atoms with Gasteiger partial charge >= 0.3 is 0 Å². The third-order valence-corrected chi connectivity index (χ3v) is 6.91. The van der Waals surface area contributed by atoms with Gasteiger partial charge in [0.25, 0.3) is 0 Å². The Morgan fingerprint density at radius 1 is 1.29 bits per heavy atom. The molecule has 2 atom stereocenters. The Balaban J connectivity index is 0.000000243. The molecule has 0 aliphatic carbocycles. The van der Waals surface area contributed by atoms with E-state index in [2.05, 4.69) is 27.9 Å². The molecule has 1 aliphatic heterocycles. The Morgan fingerprint density at radius 2 is 1.83 bits per heavy atom. The van der Waals surface area contributed by atoms with Crippen molar-refractivity contribution in [2.45, 2.75) is 43.5 Å². The summed E-state index contributed by atoms with van der Waals surface area (Å²) in [5.41, 5.74) is 0.928. The van der Waals surface area contributed by atoms with E-state index in [0.29, 0.717) is 18.0 Å². The normalized spacial score (nSPS) is 23.0. The summed E-state index contributed by atoms with van der Waals surface area (Å²) in [6.07, 6.45) is 1.26. The van der Waals surface area contributed by atoms with Crippen molar-refractivity contribution in [2.24, 2.45) is 5.92 Å². The van der Waals surface area contributed by atoms with Gasteiger partial charge in [-0.1, -0.05) is 43.3 Å². The molecule has 2 rings (SSSR count). The van der Waals surface area contributed by atoms with Crippen molar-refractivity contribution in [3.8, 4) is 0 Å². The van der Waals surface area contributed by atoms with Crippen LogP contribution in [-0.2, 0) is 10.1 Å². The zero-order chi connectivity index (χ0) is 18.5. The monoisotopic (exact) mass is 375 g/mol. The Morgan fingerprint density at radius 3 is 2.21 bits per heavy atom. The summed E-state index contributed by atoms with van der Waals surface area (Å²) in [4.78, 5) is -0.178. The quantitative estimate of drug-likeness (QED) is 0.646. The Bertz CT molecular complexity index is 612. The zero-order valence-electron chi connectivity index (χ0n) is 15.1. The van der Waals surface area contributed by atoms with Crippen molar-refractivity contribution >= 4 is 21.9 Å². The van der Waals surface area contributed by atoms with E-state index in [1.54, 1.807) is 12.1 Å². The minimum atomic E-state index is -4.27. The third-order valence-electron chi connectivity index (χ3n) is 4.36. The standard InChI is InChI=1S/C10H22NOS.C7H8O3S/c1-8(2)5-10-11(3,4)9(6-12)7-13-10;1-6-2-4-7(5-3-6)11(8,9)10/h8-10,12H,5-7H2,1-4H3;2-5H,1H3,(H,8,9,10)/q+1;/p-1/t9-,10?;/m1./s1. The maximum absolute atomic E-state index is 10.4. The number of hydrogen-bond acceptors (Lipinski definition) is 5. The fraction of sp³-hybridized carbons (Fsp3) is 0.647.